The van der Waals surface area contributed by atoms with Gasteiger partial charge in [-0.25, -0.2) is 18.2 Å². The van der Waals surface area contributed by atoms with Gasteiger partial charge in [0.15, 0.2) is 9.84 Å². The van der Waals surface area contributed by atoms with Crippen LogP contribution in [0.15, 0.2) is 40.6 Å². The lowest BCUT2D eigenvalue weighted by molar-refractivity contribution is 0.133. The summed E-state index contributed by atoms with van der Waals surface area (Å²) in [5.41, 5.74) is 1.60. The van der Waals surface area contributed by atoms with Gasteiger partial charge in [0.2, 0.25) is 0 Å². The van der Waals surface area contributed by atoms with Crippen molar-refractivity contribution in [2.45, 2.75) is 37.1 Å². The Bertz CT molecular complexity index is 1050. The van der Waals surface area contributed by atoms with Crippen LogP contribution in [-0.2, 0) is 16.3 Å². The van der Waals surface area contributed by atoms with Crippen LogP contribution in [0, 0.1) is 6.92 Å². The second kappa shape index (κ2) is 9.73. The number of oxime groups is 1. The van der Waals surface area contributed by atoms with Gasteiger partial charge in [-0.05, 0) is 37.5 Å². The van der Waals surface area contributed by atoms with E-state index >= 15 is 0 Å². The molecule has 10 nitrogen and oxygen atoms in total. The van der Waals surface area contributed by atoms with Gasteiger partial charge in [0, 0.05) is 38.0 Å². The largest absolute Gasteiger partial charge is 0.465 e. The molecule has 0 aliphatic carbocycles. The third kappa shape index (κ3) is 6.14. The minimum Gasteiger partial charge on any atom is -0.465 e. The zero-order valence-corrected chi connectivity index (χ0v) is 18.2. The molecule has 0 unspecified atom stereocenters. The molecule has 1 saturated heterocycles. The third-order valence-corrected chi connectivity index (χ3v) is 6.16. The summed E-state index contributed by atoms with van der Waals surface area (Å²) in [6.45, 7) is 2.79. The van der Waals surface area contributed by atoms with Crippen molar-refractivity contribution >= 4 is 28.0 Å². The highest BCUT2D eigenvalue weighted by Crippen LogP contribution is 2.23. The summed E-state index contributed by atoms with van der Waals surface area (Å²) in [4.78, 5) is 26.5. The number of aromatic nitrogens is 2. The third-order valence-electron chi connectivity index (χ3n) is 5.04. The molecule has 1 aliphatic rings. The van der Waals surface area contributed by atoms with E-state index in [4.69, 9.17) is 9.94 Å². The van der Waals surface area contributed by atoms with Crippen LogP contribution in [0.4, 0.5) is 10.6 Å². The minimum absolute atomic E-state index is 0.121. The molecule has 0 spiro atoms. The fraction of sp³-hybridized carbons (Fsp3) is 0.400. The number of amides is 1. The normalized spacial score (nSPS) is 15.2. The lowest BCUT2D eigenvalue weighted by Gasteiger charge is -2.31. The maximum atomic E-state index is 11.5. The number of carbonyl (C=O) groups is 1. The summed E-state index contributed by atoms with van der Waals surface area (Å²) in [7, 11) is -3.21. The van der Waals surface area contributed by atoms with Crippen molar-refractivity contribution in [3.8, 4) is 5.88 Å². The Morgan fingerprint density at radius 1 is 1.29 bits per heavy atom. The Labute approximate surface area is 180 Å². The van der Waals surface area contributed by atoms with Crippen LogP contribution in [0.25, 0.3) is 0 Å². The van der Waals surface area contributed by atoms with Gasteiger partial charge in [-0.3, -0.25) is 0 Å². The number of nitrogens with zero attached hydrogens (tertiary/aromatic N) is 4. The first-order valence-electron chi connectivity index (χ1n) is 9.78. The minimum atomic E-state index is -3.21. The monoisotopic (exact) mass is 447 g/mol. The van der Waals surface area contributed by atoms with E-state index in [-0.39, 0.29) is 10.9 Å². The van der Waals surface area contributed by atoms with E-state index in [9.17, 15) is 13.2 Å². The van der Waals surface area contributed by atoms with Gasteiger partial charge in [-0.1, -0.05) is 17.3 Å². The van der Waals surface area contributed by atoms with E-state index in [1.807, 2.05) is 6.92 Å². The standard InChI is InChI=1S/C20H25N5O5S/c1-14-18(24-16-8-11-25(12-9-16)20(26)27)21-13-22-19(14)30-23-10-7-15-3-5-17(6-4-15)31(2,28)29/h3-6,10,13,16H,7-9,11-12H2,1-2H3,(H,26,27)(H,21,22,24). The zero-order chi connectivity index (χ0) is 22.4. The second-order valence-electron chi connectivity index (χ2n) is 7.34. The van der Waals surface area contributed by atoms with Gasteiger partial charge in [0.05, 0.1) is 10.5 Å². The van der Waals surface area contributed by atoms with Gasteiger partial charge in [0.1, 0.15) is 12.1 Å². The van der Waals surface area contributed by atoms with Crippen molar-refractivity contribution in [2.75, 3.05) is 24.7 Å². The summed E-state index contributed by atoms with van der Waals surface area (Å²) < 4.78 is 23.0. The van der Waals surface area contributed by atoms with E-state index in [0.717, 1.165) is 5.56 Å². The highest BCUT2D eigenvalue weighted by atomic mass is 32.2. The molecule has 1 fully saturated rings. The van der Waals surface area contributed by atoms with Gasteiger partial charge in [-0.15, -0.1) is 0 Å². The number of piperidine rings is 1. The number of carboxylic acid groups (broad SMARTS) is 1. The molecule has 1 aromatic heterocycles. The maximum Gasteiger partial charge on any atom is 0.407 e. The number of rotatable bonds is 7. The highest BCUT2D eigenvalue weighted by molar-refractivity contribution is 7.90. The summed E-state index contributed by atoms with van der Waals surface area (Å²) in [5.74, 6) is 0.953. The topological polar surface area (TPSA) is 134 Å². The molecular formula is C20H25N5O5S. The van der Waals surface area contributed by atoms with Crippen LogP contribution in [0.3, 0.4) is 0 Å². The number of hydrogen-bond donors (Lipinski definition) is 2. The van der Waals surface area contributed by atoms with E-state index in [2.05, 4.69) is 20.4 Å². The average Bonchev–Trinajstić information content (AvgIpc) is 2.73. The summed E-state index contributed by atoms with van der Waals surface area (Å²) >= 11 is 0. The molecule has 1 amide bonds. The van der Waals surface area contributed by atoms with E-state index in [0.29, 0.717) is 49.6 Å². The molecule has 2 heterocycles. The van der Waals surface area contributed by atoms with Crippen molar-refractivity contribution in [1.29, 1.82) is 0 Å². The molecule has 1 aromatic carbocycles. The first-order valence-corrected chi connectivity index (χ1v) is 11.7. The summed E-state index contributed by atoms with van der Waals surface area (Å²) in [6.07, 6.45) is 5.11. The SMILES string of the molecule is Cc1c(NC2CCN(C(=O)O)CC2)ncnc1ON=CCc1ccc(S(C)(=O)=O)cc1. The van der Waals surface area contributed by atoms with Crippen LogP contribution in [-0.4, -0.2) is 66.1 Å². The number of nitrogens with one attached hydrogen (secondary N) is 1. The van der Waals surface area contributed by atoms with Crippen molar-refractivity contribution in [2.24, 2.45) is 5.16 Å². The van der Waals surface area contributed by atoms with Gasteiger partial charge < -0.3 is 20.2 Å². The van der Waals surface area contributed by atoms with E-state index in [1.165, 1.54) is 17.5 Å². The fourth-order valence-electron chi connectivity index (χ4n) is 3.18. The zero-order valence-electron chi connectivity index (χ0n) is 17.4. The van der Waals surface area contributed by atoms with Gasteiger partial charge in [0.25, 0.3) is 5.88 Å². The Balaban J connectivity index is 1.55. The first kappa shape index (κ1) is 22.5. The van der Waals surface area contributed by atoms with E-state index in [1.54, 1.807) is 30.5 Å². The molecule has 0 atom stereocenters. The summed E-state index contributed by atoms with van der Waals surface area (Å²) in [6, 6.07) is 6.71. The van der Waals surface area contributed by atoms with Gasteiger partial charge in [-0.2, -0.15) is 4.98 Å². The number of hydrogen-bond acceptors (Lipinski definition) is 8. The second-order valence-corrected chi connectivity index (χ2v) is 9.36. The van der Waals surface area contributed by atoms with Crippen LogP contribution in [0.2, 0.25) is 0 Å². The van der Waals surface area contributed by atoms with Crippen LogP contribution >= 0.6 is 0 Å². The fourth-order valence-corrected chi connectivity index (χ4v) is 3.81. The molecule has 166 valence electrons. The van der Waals surface area contributed by atoms with Crippen LogP contribution < -0.4 is 10.2 Å². The van der Waals surface area contributed by atoms with Crippen molar-refractivity contribution in [3.63, 3.8) is 0 Å². The smallest absolute Gasteiger partial charge is 0.407 e. The number of benzene rings is 1. The van der Waals surface area contributed by atoms with Crippen LogP contribution in [0.1, 0.15) is 24.0 Å². The van der Waals surface area contributed by atoms with Crippen molar-refractivity contribution < 1.29 is 23.2 Å². The number of sulfone groups is 1. The average molecular weight is 448 g/mol. The first-order chi connectivity index (χ1) is 14.7. The molecule has 2 N–H and O–H groups in total. The molecule has 2 aromatic rings. The Hall–Kier alpha value is -3.21. The molecule has 31 heavy (non-hydrogen) atoms. The number of anilines is 1. The highest BCUT2D eigenvalue weighted by Gasteiger charge is 2.23. The predicted molar refractivity (Wildman–Crippen MR) is 115 cm³/mol. The lowest BCUT2D eigenvalue weighted by atomic mass is 10.1. The molecule has 1 aliphatic heterocycles. The quantitative estimate of drug-likeness (QED) is 0.488. The lowest BCUT2D eigenvalue weighted by Crippen LogP contribution is -2.41. The molecule has 3 rings (SSSR count). The van der Waals surface area contributed by atoms with Crippen molar-refractivity contribution in [1.82, 2.24) is 14.9 Å². The Kier molecular flexibility index (Phi) is 7.06. The summed E-state index contributed by atoms with van der Waals surface area (Å²) in [5, 5.41) is 16.3. The predicted octanol–water partition coefficient (Wildman–Crippen LogP) is 2.35. The molecule has 0 saturated carbocycles. The molecule has 0 bridgehead atoms. The van der Waals surface area contributed by atoms with Crippen LogP contribution in [0.5, 0.6) is 5.88 Å². The number of likely N-dealkylation sites (tertiary alicyclic amines) is 1. The Morgan fingerprint density at radius 2 is 1.97 bits per heavy atom. The molecule has 0 radical (unpaired) electrons. The molecule has 11 heteroatoms. The van der Waals surface area contributed by atoms with E-state index < -0.39 is 15.9 Å². The Morgan fingerprint density at radius 3 is 2.58 bits per heavy atom. The molecular weight excluding hydrogens is 422 g/mol. The van der Waals surface area contributed by atoms with Crippen molar-refractivity contribution in [3.05, 3.63) is 41.7 Å². The van der Waals surface area contributed by atoms with Gasteiger partial charge >= 0.3 is 6.09 Å². The maximum absolute atomic E-state index is 11.5.